The quantitative estimate of drug-likeness (QED) is 0.0261. The van der Waals surface area contributed by atoms with Gasteiger partial charge in [0.05, 0.1) is 0 Å². The van der Waals surface area contributed by atoms with Crippen LogP contribution in [0.2, 0.25) is 0 Å². The van der Waals surface area contributed by atoms with Gasteiger partial charge in [-0.05, 0) is 135 Å². The van der Waals surface area contributed by atoms with Gasteiger partial charge in [-0.15, -0.1) is 0 Å². The van der Waals surface area contributed by atoms with Crippen LogP contribution in [0.4, 0.5) is 0 Å². The molecular formula is C75H124O6. The van der Waals surface area contributed by atoms with Crippen LogP contribution < -0.4 is 0 Å². The fourth-order valence-electron chi connectivity index (χ4n) is 9.14. The number of ether oxygens (including phenoxy) is 3. The molecule has 0 spiro atoms. The normalized spacial score (nSPS) is 13.0. The number of carbonyl (C=O) groups excluding carboxylic acids is 3. The topological polar surface area (TPSA) is 78.9 Å². The molecule has 0 aliphatic rings. The van der Waals surface area contributed by atoms with Crippen molar-refractivity contribution < 1.29 is 28.6 Å². The van der Waals surface area contributed by atoms with Crippen molar-refractivity contribution in [2.24, 2.45) is 0 Å². The van der Waals surface area contributed by atoms with Gasteiger partial charge in [0.15, 0.2) is 6.10 Å². The number of hydrogen-bond donors (Lipinski definition) is 0. The number of carbonyl (C=O) groups is 3. The van der Waals surface area contributed by atoms with Crippen molar-refractivity contribution in [1.82, 2.24) is 0 Å². The van der Waals surface area contributed by atoms with Gasteiger partial charge in [-0.25, -0.2) is 0 Å². The molecular weight excluding hydrogens is 997 g/mol. The number of rotatable bonds is 60. The molecule has 0 aromatic carbocycles. The summed E-state index contributed by atoms with van der Waals surface area (Å²) in [6.45, 7) is 6.41. The summed E-state index contributed by atoms with van der Waals surface area (Å²) in [5.41, 5.74) is 0. The first kappa shape index (κ1) is 76.5. The molecule has 0 aliphatic carbocycles. The van der Waals surface area contributed by atoms with Crippen molar-refractivity contribution in [3.63, 3.8) is 0 Å². The van der Waals surface area contributed by atoms with Gasteiger partial charge in [0.2, 0.25) is 0 Å². The summed E-state index contributed by atoms with van der Waals surface area (Å²) >= 11 is 0. The Bertz CT molecular complexity index is 1720. The molecule has 0 aromatic heterocycles. The number of allylic oxidation sites excluding steroid dienone is 22. The Kier molecular flexibility index (Phi) is 64.3. The van der Waals surface area contributed by atoms with E-state index in [2.05, 4.69) is 154 Å². The maximum absolute atomic E-state index is 12.9. The van der Waals surface area contributed by atoms with Crippen LogP contribution in [0.5, 0.6) is 0 Å². The van der Waals surface area contributed by atoms with Gasteiger partial charge < -0.3 is 14.2 Å². The Morgan fingerprint density at radius 2 is 0.481 bits per heavy atom. The zero-order valence-electron chi connectivity index (χ0n) is 52.8. The molecule has 460 valence electrons. The Labute approximate surface area is 500 Å². The minimum atomic E-state index is -0.798. The molecule has 6 heteroatoms. The molecule has 0 radical (unpaired) electrons. The zero-order chi connectivity index (χ0) is 58.5. The molecule has 6 nitrogen and oxygen atoms in total. The van der Waals surface area contributed by atoms with Crippen LogP contribution in [0.25, 0.3) is 0 Å². The Hall–Kier alpha value is -4.45. The molecule has 0 bridgehead atoms. The third kappa shape index (κ3) is 66.2. The predicted octanol–water partition coefficient (Wildman–Crippen LogP) is 23.3. The lowest BCUT2D eigenvalue weighted by molar-refractivity contribution is -0.167. The maximum Gasteiger partial charge on any atom is 0.306 e. The van der Waals surface area contributed by atoms with Gasteiger partial charge in [-0.2, -0.15) is 0 Å². The van der Waals surface area contributed by atoms with Crippen molar-refractivity contribution in [1.29, 1.82) is 0 Å². The molecule has 0 amide bonds. The van der Waals surface area contributed by atoms with Crippen LogP contribution in [-0.4, -0.2) is 37.2 Å². The molecule has 0 aromatic rings. The summed E-state index contributed by atoms with van der Waals surface area (Å²) < 4.78 is 17.0. The van der Waals surface area contributed by atoms with Crippen LogP contribution in [-0.2, 0) is 28.6 Å². The van der Waals surface area contributed by atoms with Gasteiger partial charge in [0.1, 0.15) is 13.2 Å². The van der Waals surface area contributed by atoms with Gasteiger partial charge in [-0.1, -0.05) is 283 Å². The molecule has 0 heterocycles. The molecule has 1 atom stereocenters. The standard InChI is InChI=1S/C75H124O6/c1-4-7-10-13-16-19-22-25-28-31-33-34-35-36-37-38-39-40-42-44-47-50-53-56-59-62-65-68-74(77)80-71-72(70-79-73(76)67-64-61-58-55-52-49-46-43-30-27-24-21-18-15-12-9-6-3)81-75(78)69-66-63-60-57-54-51-48-45-41-32-29-26-23-20-17-14-11-8-5-2/h7-8,10-11,16-17,19-20,25-30,33-34,36-37,39-41,45,72H,4-6,9,12-15,18,21-24,31-32,35,38,42-44,46-71H2,1-3H3/b10-7-,11-8-,19-16-,20-17-,28-25-,29-26-,30-27-,34-33-,37-36-,40-39-,45-41-. The first-order valence-electron chi connectivity index (χ1n) is 33.7. The lowest BCUT2D eigenvalue weighted by Gasteiger charge is -2.18. The predicted molar refractivity (Wildman–Crippen MR) is 353 cm³/mol. The molecule has 0 saturated heterocycles. The second kappa shape index (κ2) is 68.1. The smallest absolute Gasteiger partial charge is 0.306 e. The van der Waals surface area contributed by atoms with Gasteiger partial charge in [-0.3, -0.25) is 14.4 Å². The average Bonchev–Trinajstić information content (AvgIpc) is 3.47. The van der Waals surface area contributed by atoms with Crippen LogP contribution in [0, 0.1) is 0 Å². The fraction of sp³-hybridized carbons (Fsp3) is 0.667. The van der Waals surface area contributed by atoms with E-state index in [9.17, 15) is 14.4 Å². The highest BCUT2D eigenvalue weighted by molar-refractivity contribution is 5.71. The van der Waals surface area contributed by atoms with Crippen LogP contribution in [0.3, 0.4) is 0 Å². The van der Waals surface area contributed by atoms with E-state index >= 15 is 0 Å². The first-order chi connectivity index (χ1) is 40.0. The Balaban J connectivity index is 4.41. The summed E-state index contributed by atoms with van der Waals surface area (Å²) in [7, 11) is 0. The van der Waals surface area contributed by atoms with E-state index in [4.69, 9.17) is 14.2 Å². The van der Waals surface area contributed by atoms with E-state index in [1.54, 1.807) is 0 Å². The summed E-state index contributed by atoms with van der Waals surface area (Å²) in [5, 5.41) is 0. The Morgan fingerprint density at radius 3 is 0.765 bits per heavy atom. The van der Waals surface area contributed by atoms with Crippen molar-refractivity contribution >= 4 is 17.9 Å². The first-order valence-corrected chi connectivity index (χ1v) is 33.7. The van der Waals surface area contributed by atoms with E-state index in [1.807, 2.05) is 0 Å². The second-order valence-corrected chi connectivity index (χ2v) is 22.0. The number of unbranched alkanes of at least 4 members (excludes halogenated alkanes) is 27. The lowest BCUT2D eigenvalue weighted by Crippen LogP contribution is -2.30. The van der Waals surface area contributed by atoms with Crippen molar-refractivity contribution in [3.8, 4) is 0 Å². The minimum absolute atomic E-state index is 0.0913. The third-order valence-corrected chi connectivity index (χ3v) is 14.1. The van der Waals surface area contributed by atoms with Gasteiger partial charge in [0, 0.05) is 19.3 Å². The van der Waals surface area contributed by atoms with Crippen molar-refractivity contribution in [2.45, 2.75) is 309 Å². The third-order valence-electron chi connectivity index (χ3n) is 14.1. The van der Waals surface area contributed by atoms with Gasteiger partial charge in [0.25, 0.3) is 0 Å². The maximum atomic E-state index is 12.9. The summed E-state index contributed by atoms with van der Waals surface area (Å²) in [6, 6.07) is 0. The van der Waals surface area contributed by atoms with E-state index in [-0.39, 0.29) is 31.1 Å². The number of hydrogen-bond acceptors (Lipinski definition) is 6. The second-order valence-electron chi connectivity index (χ2n) is 22.0. The highest BCUT2D eigenvalue weighted by Gasteiger charge is 2.19. The highest BCUT2D eigenvalue weighted by Crippen LogP contribution is 2.15. The highest BCUT2D eigenvalue weighted by atomic mass is 16.6. The van der Waals surface area contributed by atoms with E-state index in [1.165, 1.54) is 122 Å². The zero-order valence-corrected chi connectivity index (χ0v) is 52.8. The van der Waals surface area contributed by atoms with E-state index in [0.29, 0.717) is 19.3 Å². The molecule has 0 saturated carbocycles. The summed E-state index contributed by atoms with van der Waals surface area (Å²) in [5.74, 6) is -0.912. The Morgan fingerprint density at radius 1 is 0.259 bits per heavy atom. The number of esters is 3. The molecule has 0 N–H and O–H groups in total. The molecule has 81 heavy (non-hydrogen) atoms. The molecule has 0 fully saturated rings. The largest absolute Gasteiger partial charge is 0.462 e. The summed E-state index contributed by atoms with van der Waals surface area (Å²) in [6.07, 6.45) is 96.0. The van der Waals surface area contributed by atoms with Crippen LogP contribution in [0.1, 0.15) is 303 Å². The summed E-state index contributed by atoms with van der Waals surface area (Å²) in [4.78, 5) is 38.4. The van der Waals surface area contributed by atoms with Crippen LogP contribution >= 0.6 is 0 Å². The monoisotopic (exact) mass is 1120 g/mol. The van der Waals surface area contributed by atoms with Crippen molar-refractivity contribution in [2.75, 3.05) is 13.2 Å². The lowest BCUT2D eigenvalue weighted by atomic mass is 10.1. The molecule has 1 unspecified atom stereocenters. The van der Waals surface area contributed by atoms with Crippen LogP contribution in [0.15, 0.2) is 134 Å². The molecule has 0 aliphatic heterocycles. The van der Waals surface area contributed by atoms with Gasteiger partial charge >= 0.3 is 17.9 Å². The van der Waals surface area contributed by atoms with Crippen molar-refractivity contribution in [3.05, 3.63) is 134 Å². The van der Waals surface area contributed by atoms with E-state index in [0.717, 1.165) is 141 Å². The average molecular weight is 1120 g/mol. The van der Waals surface area contributed by atoms with E-state index < -0.39 is 6.10 Å². The minimum Gasteiger partial charge on any atom is -0.462 e. The molecule has 0 rings (SSSR count). The SMILES string of the molecule is CC/C=C\C/C=C\C/C=C\C/C=C\C/C=C\C/C=C\CCCCCCCCCCC(=O)OCC(COC(=O)CCCCCCCCC/C=C\CCCCCCCC)OC(=O)CCCCCCCC/C=C\C/C=C\C/C=C\C/C=C\CC. The fourth-order valence-corrected chi connectivity index (χ4v) is 9.14.